The van der Waals surface area contributed by atoms with Gasteiger partial charge in [0.25, 0.3) is 0 Å². The van der Waals surface area contributed by atoms with E-state index in [0.29, 0.717) is 32.1 Å². The van der Waals surface area contributed by atoms with Gasteiger partial charge in [0, 0.05) is 44.5 Å². The van der Waals surface area contributed by atoms with Gasteiger partial charge in [0.15, 0.2) is 0 Å². The number of rotatable bonds is 5. The van der Waals surface area contributed by atoms with Gasteiger partial charge < -0.3 is 10.2 Å². The van der Waals surface area contributed by atoms with Crippen LogP contribution in [-0.2, 0) is 10.0 Å². The summed E-state index contributed by atoms with van der Waals surface area (Å²) >= 11 is 0. The lowest BCUT2D eigenvalue weighted by Crippen LogP contribution is -2.49. The molecule has 7 nitrogen and oxygen atoms in total. The number of aromatic nitrogens is 2. The zero-order valence-electron chi connectivity index (χ0n) is 14.8. The molecule has 0 amide bonds. The largest absolute Gasteiger partial charge is 0.370 e. The summed E-state index contributed by atoms with van der Waals surface area (Å²) in [6, 6.07) is 6.97. The smallest absolute Gasteiger partial charge is 0.243 e. The van der Waals surface area contributed by atoms with Gasteiger partial charge in [0.05, 0.1) is 4.90 Å². The van der Waals surface area contributed by atoms with Crippen molar-refractivity contribution in [3.63, 3.8) is 0 Å². The molecule has 9 heteroatoms. The Morgan fingerprint density at radius 2 is 1.88 bits per heavy atom. The minimum Gasteiger partial charge on any atom is -0.370 e. The van der Waals surface area contributed by atoms with Crippen LogP contribution in [0.3, 0.4) is 0 Å². The number of aryl methyl sites for hydroxylation is 1. The summed E-state index contributed by atoms with van der Waals surface area (Å²) in [5.74, 6) is 0.780. The highest BCUT2D eigenvalue weighted by Crippen LogP contribution is 2.21. The standard InChI is InChI=1S/C17H22FN5O2S/c1-3-19-16-11-13(2)20-17(21-16)22-7-9-23(10-8-22)26(24,25)15-6-4-5-14(18)12-15/h4-6,11-12H,3,7-10H2,1-2H3,(H,19,20,21). The molecule has 2 aromatic rings. The highest BCUT2D eigenvalue weighted by Gasteiger charge is 2.29. The SMILES string of the molecule is CCNc1cc(C)nc(N2CCN(S(=O)(=O)c3cccc(F)c3)CC2)n1. The van der Waals surface area contributed by atoms with Crippen LogP contribution in [0, 0.1) is 12.7 Å². The molecule has 1 aliphatic heterocycles. The molecule has 2 heterocycles. The molecule has 1 aromatic carbocycles. The number of nitrogens with zero attached hydrogens (tertiary/aromatic N) is 4. The maximum Gasteiger partial charge on any atom is 0.243 e. The average Bonchev–Trinajstić information content (AvgIpc) is 2.61. The Morgan fingerprint density at radius 3 is 2.54 bits per heavy atom. The fourth-order valence-corrected chi connectivity index (χ4v) is 4.33. The van der Waals surface area contributed by atoms with Crippen LogP contribution < -0.4 is 10.2 Å². The van der Waals surface area contributed by atoms with E-state index < -0.39 is 15.8 Å². The third-order valence-electron chi connectivity index (χ3n) is 4.16. The second-order valence-electron chi connectivity index (χ2n) is 6.07. The van der Waals surface area contributed by atoms with Crippen molar-refractivity contribution in [1.29, 1.82) is 0 Å². The zero-order valence-corrected chi connectivity index (χ0v) is 15.6. The Bertz CT molecular complexity index is 882. The van der Waals surface area contributed by atoms with E-state index in [0.717, 1.165) is 24.1 Å². The van der Waals surface area contributed by atoms with Crippen molar-refractivity contribution < 1.29 is 12.8 Å². The van der Waals surface area contributed by atoms with Gasteiger partial charge in [-0.15, -0.1) is 0 Å². The van der Waals surface area contributed by atoms with Crippen LogP contribution in [0.4, 0.5) is 16.2 Å². The molecule has 0 radical (unpaired) electrons. The van der Waals surface area contributed by atoms with E-state index in [1.807, 2.05) is 24.8 Å². The number of sulfonamides is 1. The average molecular weight is 379 g/mol. The Balaban J connectivity index is 1.73. The summed E-state index contributed by atoms with van der Waals surface area (Å²) in [4.78, 5) is 10.9. The van der Waals surface area contributed by atoms with Crippen molar-refractivity contribution >= 4 is 21.8 Å². The number of nitrogens with one attached hydrogen (secondary N) is 1. The predicted octanol–water partition coefficient (Wildman–Crippen LogP) is 1.87. The van der Waals surface area contributed by atoms with E-state index in [4.69, 9.17) is 0 Å². The van der Waals surface area contributed by atoms with Crippen LogP contribution in [0.15, 0.2) is 35.2 Å². The third-order valence-corrected chi connectivity index (χ3v) is 6.05. The van der Waals surface area contributed by atoms with Gasteiger partial charge >= 0.3 is 0 Å². The maximum absolute atomic E-state index is 13.4. The number of halogens is 1. The van der Waals surface area contributed by atoms with Crippen molar-refractivity contribution in [1.82, 2.24) is 14.3 Å². The Kier molecular flexibility index (Phi) is 5.38. The van der Waals surface area contributed by atoms with Crippen LogP contribution in [0.25, 0.3) is 0 Å². The zero-order chi connectivity index (χ0) is 18.7. The van der Waals surface area contributed by atoms with Gasteiger partial charge in [-0.05, 0) is 32.0 Å². The van der Waals surface area contributed by atoms with Gasteiger partial charge in [-0.2, -0.15) is 9.29 Å². The van der Waals surface area contributed by atoms with Gasteiger partial charge in [-0.25, -0.2) is 17.8 Å². The summed E-state index contributed by atoms with van der Waals surface area (Å²) < 4.78 is 40.1. The molecule has 1 fully saturated rings. The Labute approximate surface area is 152 Å². The normalized spacial score (nSPS) is 15.9. The Morgan fingerprint density at radius 1 is 1.15 bits per heavy atom. The number of benzene rings is 1. The van der Waals surface area contributed by atoms with Crippen molar-refractivity contribution in [3.05, 3.63) is 41.8 Å². The topological polar surface area (TPSA) is 78.4 Å². The van der Waals surface area contributed by atoms with Crippen LogP contribution in [-0.4, -0.2) is 55.4 Å². The minimum absolute atomic E-state index is 0.0211. The maximum atomic E-state index is 13.4. The highest BCUT2D eigenvalue weighted by atomic mass is 32.2. The number of anilines is 2. The van der Waals surface area contributed by atoms with E-state index in [-0.39, 0.29) is 4.90 Å². The van der Waals surface area contributed by atoms with Crippen LogP contribution in [0.2, 0.25) is 0 Å². The monoisotopic (exact) mass is 379 g/mol. The van der Waals surface area contributed by atoms with E-state index in [2.05, 4.69) is 15.3 Å². The second-order valence-corrected chi connectivity index (χ2v) is 8.01. The molecule has 0 bridgehead atoms. The van der Waals surface area contributed by atoms with Crippen LogP contribution in [0.1, 0.15) is 12.6 Å². The lowest BCUT2D eigenvalue weighted by Gasteiger charge is -2.34. The summed E-state index contributed by atoms with van der Waals surface area (Å²) in [5.41, 5.74) is 0.848. The highest BCUT2D eigenvalue weighted by molar-refractivity contribution is 7.89. The van der Waals surface area contributed by atoms with Crippen molar-refractivity contribution in [2.45, 2.75) is 18.7 Å². The first-order chi connectivity index (χ1) is 12.4. The van der Waals surface area contributed by atoms with Gasteiger partial charge in [-0.3, -0.25) is 0 Å². The molecular weight excluding hydrogens is 357 g/mol. The number of piperazine rings is 1. The molecule has 1 aliphatic rings. The van der Waals surface area contributed by atoms with Crippen LogP contribution in [0.5, 0.6) is 0 Å². The summed E-state index contributed by atoms with van der Waals surface area (Å²) in [6.07, 6.45) is 0. The number of hydrogen-bond donors (Lipinski definition) is 1. The fraction of sp³-hybridized carbons (Fsp3) is 0.412. The lowest BCUT2D eigenvalue weighted by atomic mass is 10.3. The summed E-state index contributed by atoms with van der Waals surface area (Å²) in [5, 5.41) is 3.17. The molecule has 3 rings (SSSR count). The molecule has 0 unspecified atom stereocenters. The molecule has 0 atom stereocenters. The van der Waals surface area contributed by atoms with E-state index in [1.165, 1.54) is 22.5 Å². The first kappa shape index (κ1) is 18.5. The first-order valence-electron chi connectivity index (χ1n) is 8.50. The van der Waals surface area contributed by atoms with Gasteiger partial charge in [-0.1, -0.05) is 6.07 Å². The summed E-state index contributed by atoms with van der Waals surface area (Å²) in [6.45, 7) is 6.20. The van der Waals surface area contributed by atoms with E-state index in [9.17, 15) is 12.8 Å². The first-order valence-corrected chi connectivity index (χ1v) is 9.94. The van der Waals surface area contributed by atoms with Gasteiger partial charge in [0.2, 0.25) is 16.0 Å². The fourth-order valence-electron chi connectivity index (χ4n) is 2.87. The van der Waals surface area contributed by atoms with Gasteiger partial charge in [0.1, 0.15) is 11.6 Å². The lowest BCUT2D eigenvalue weighted by molar-refractivity contribution is 0.382. The van der Waals surface area contributed by atoms with E-state index in [1.54, 1.807) is 0 Å². The van der Waals surface area contributed by atoms with Crippen LogP contribution >= 0.6 is 0 Å². The van der Waals surface area contributed by atoms with Crippen molar-refractivity contribution in [3.8, 4) is 0 Å². The number of hydrogen-bond acceptors (Lipinski definition) is 6. The van der Waals surface area contributed by atoms with Crippen molar-refractivity contribution in [2.24, 2.45) is 0 Å². The second kappa shape index (κ2) is 7.55. The molecule has 0 saturated carbocycles. The molecule has 1 saturated heterocycles. The predicted molar refractivity (Wildman–Crippen MR) is 98.3 cm³/mol. The molecule has 1 aromatic heterocycles. The Hall–Kier alpha value is -2.26. The molecule has 1 N–H and O–H groups in total. The quantitative estimate of drug-likeness (QED) is 0.854. The summed E-state index contributed by atoms with van der Waals surface area (Å²) in [7, 11) is -3.70. The minimum atomic E-state index is -3.70. The molecule has 26 heavy (non-hydrogen) atoms. The molecule has 140 valence electrons. The molecule has 0 spiro atoms. The van der Waals surface area contributed by atoms with E-state index >= 15 is 0 Å². The molecular formula is C17H22FN5O2S. The third kappa shape index (κ3) is 3.94. The van der Waals surface area contributed by atoms with Crippen molar-refractivity contribution in [2.75, 3.05) is 42.9 Å². The molecule has 0 aliphatic carbocycles.